The zero-order valence-electron chi connectivity index (χ0n) is 9.19. The van der Waals surface area contributed by atoms with Crippen LogP contribution in [0.2, 0.25) is 0 Å². The molecule has 0 spiro atoms. The molecule has 0 atom stereocenters. The zero-order valence-corrected chi connectivity index (χ0v) is 9.19. The van der Waals surface area contributed by atoms with Crippen LogP contribution in [0.25, 0.3) is 0 Å². The van der Waals surface area contributed by atoms with Gasteiger partial charge in [0.25, 0.3) is 0 Å². The number of benzene rings is 1. The minimum absolute atomic E-state index is 0.0338. The van der Waals surface area contributed by atoms with E-state index in [0.29, 0.717) is 5.56 Å². The molecule has 1 saturated heterocycles. The summed E-state index contributed by atoms with van der Waals surface area (Å²) in [6, 6.07) is 7.63. The van der Waals surface area contributed by atoms with E-state index in [-0.39, 0.29) is 5.78 Å². The van der Waals surface area contributed by atoms with Gasteiger partial charge in [0.05, 0.1) is 13.2 Å². The molecule has 1 aliphatic heterocycles. The molecule has 1 aliphatic rings. The van der Waals surface area contributed by atoms with Crippen molar-refractivity contribution in [2.75, 3.05) is 31.2 Å². The molecule has 0 bridgehead atoms. The largest absolute Gasteiger partial charge is 0.378 e. The second kappa shape index (κ2) is 4.94. The van der Waals surface area contributed by atoms with Crippen LogP contribution in [0.5, 0.6) is 0 Å². The van der Waals surface area contributed by atoms with Gasteiger partial charge in [0.1, 0.15) is 0 Å². The smallest absolute Gasteiger partial charge is 0.185 e. The minimum Gasteiger partial charge on any atom is -0.378 e. The fourth-order valence-electron chi connectivity index (χ4n) is 1.78. The maximum atomic E-state index is 11.3. The summed E-state index contributed by atoms with van der Waals surface area (Å²) in [7, 11) is 0. The van der Waals surface area contributed by atoms with Gasteiger partial charge in [-0.2, -0.15) is 0 Å². The Labute approximate surface area is 95.3 Å². The van der Waals surface area contributed by atoms with E-state index in [1.54, 1.807) is 0 Å². The summed E-state index contributed by atoms with van der Waals surface area (Å²) >= 11 is 0. The SMILES string of the molecule is C=CC(=O)c1ccc(N2CCOCC2)cc1. The molecule has 1 heterocycles. The van der Waals surface area contributed by atoms with E-state index < -0.39 is 0 Å². The lowest BCUT2D eigenvalue weighted by Crippen LogP contribution is -2.36. The van der Waals surface area contributed by atoms with Crippen LogP contribution in [-0.2, 0) is 4.74 Å². The molecule has 2 rings (SSSR count). The first-order valence-corrected chi connectivity index (χ1v) is 5.41. The van der Waals surface area contributed by atoms with Crippen LogP contribution in [0, 0.1) is 0 Å². The van der Waals surface area contributed by atoms with Crippen molar-refractivity contribution in [3.63, 3.8) is 0 Å². The Balaban J connectivity index is 2.11. The number of carbonyl (C=O) groups excluding carboxylic acids is 1. The standard InChI is InChI=1S/C13H15NO2/c1-2-13(15)11-3-5-12(6-4-11)14-7-9-16-10-8-14/h2-6H,1,7-10H2. The summed E-state index contributed by atoms with van der Waals surface area (Å²) in [6.45, 7) is 6.84. The van der Waals surface area contributed by atoms with Crippen LogP contribution in [0.4, 0.5) is 5.69 Å². The van der Waals surface area contributed by atoms with Crippen LogP contribution in [0.3, 0.4) is 0 Å². The maximum absolute atomic E-state index is 11.3. The van der Waals surface area contributed by atoms with Gasteiger partial charge in [-0.15, -0.1) is 0 Å². The van der Waals surface area contributed by atoms with E-state index in [9.17, 15) is 4.79 Å². The fraction of sp³-hybridized carbons (Fsp3) is 0.308. The minimum atomic E-state index is -0.0338. The molecule has 16 heavy (non-hydrogen) atoms. The lowest BCUT2D eigenvalue weighted by atomic mass is 10.1. The molecule has 1 fully saturated rings. The molecule has 1 aromatic rings. The highest BCUT2D eigenvalue weighted by Gasteiger charge is 2.11. The molecule has 0 unspecified atom stereocenters. The predicted molar refractivity (Wildman–Crippen MR) is 64.0 cm³/mol. The van der Waals surface area contributed by atoms with Crippen molar-refractivity contribution in [1.82, 2.24) is 0 Å². The molecular formula is C13H15NO2. The van der Waals surface area contributed by atoms with Crippen molar-refractivity contribution in [2.24, 2.45) is 0 Å². The van der Waals surface area contributed by atoms with Gasteiger partial charge in [0, 0.05) is 24.3 Å². The molecule has 0 radical (unpaired) electrons. The molecule has 1 aromatic carbocycles. The Morgan fingerprint density at radius 2 is 1.88 bits per heavy atom. The highest BCUT2D eigenvalue weighted by molar-refractivity contribution is 6.04. The van der Waals surface area contributed by atoms with Crippen LogP contribution in [0.1, 0.15) is 10.4 Å². The van der Waals surface area contributed by atoms with E-state index in [4.69, 9.17) is 4.74 Å². The average Bonchev–Trinajstić information content (AvgIpc) is 2.39. The lowest BCUT2D eigenvalue weighted by Gasteiger charge is -2.28. The summed E-state index contributed by atoms with van der Waals surface area (Å²) < 4.78 is 5.29. The summed E-state index contributed by atoms with van der Waals surface area (Å²) in [5, 5.41) is 0. The second-order valence-corrected chi connectivity index (χ2v) is 3.71. The number of hydrogen-bond donors (Lipinski definition) is 0. The number of nitrogens with zero attached hydrogens (tertiary/aromatic N) is 1. The number of ether oxygens (including phenoxy) is 1. The normalized spacial score (nSPS) is 15.9. The first-order valence-electron chi connectivity index (χ1n) is 5.41. The predicted octanol–water partition coefficient (Wildman–Crippen LogP) is 1.89. The van der Waals surface area contributed by atoms with Gasteiger partial charge in [-0.05, 0) is 30.3 Å². The number of allylic oxidation sites excluding steroid dienone is 1. The van der Waals surface area contributed by atoms with Crippen LogP contribution >= 0.6 is 0 Å². The van der Waals surface area contributed by atoms with E-state index >= 15 is 0 Å². The van der Waals surface area contributed by atoms with Gasteiger partial charge in [0.2, 0.25) is 0 Å². The topological polar surface area (TPSA) is 29.5 Å². The maximum Gasteiger partial charge on any atom is 0.185 e. The third kappa shape index (κ3) is 2.31. The summed E-state index contributed by atoms with van der Waals surface area (Å²) in [5.41, 5.74) is 1.83. The van der Waals surface area contributed by atoms with Crippen LogP contribution < -0.4 is 4.90 Å². The molecule has 84 valence electrons. The molecule has 0 amide bonds. The molecule has 0 aliphatic carbocycles. The Morgan fingerprint density at radius 3 is 2.44 bits per heavy atom. The molecule has 3 heteroatoms. The summed E-state index contributed by atoms with van der Waals surface area (Å²) in [5.74, 6) is -0.0338. The third-order valence-corrected chi connectivity index (χ3v) is 2.71. The van der Waals surface area contributed by atoms with Crippen LogP contribution in [-0.4, -0.2) is 32.1 Å². The fourth-order valence-corrected chi connectivity index (χ4v) is 1.78. The number of rotatable bonds is 3. The van der Waals surface area contributed by atoms with Crippen molar-refractivity contribution in [2.45, 2.75) is 0 Å². The van der Waals surface area contributed by atoms with Crippen molar-refractivity contribution in [1.29, 1.82) is 0 Å². The van der Waals surface area contributed by atoms with Crippen molar-refractivity contribution in [3.05, 3.63) is 42.5 Å². The highest BCUT2D eigenvalue weighted by Crippen LogP contribution is 2.16. The quantitative estimate of drug-likeness (QED) is 0.572. The molecule has 0 saturated carbocycles. The average molecular weight is 217 g/mol. The lowest BCUT2D eigenvalue weighted by molar-refractivity contribution is 0.104. The number of carbonyl (C=O) groups is 1. The van der Waals surface area contributed by atoms with Crippen molar-refractivity contribution in [3.8, 4) is 0 Å². The number of morpholine rings is 1. The van der Waals surface area contributed by atoms with Gasteiger partial charge in [0.15, 0.2) is 5.78 Å². The van der Waals surface area contributed by atoms with E-state index in [0.717, 1.165) is 32.0 Å². The monoisotopic (exact) mass is 217 g/mol. The number of ketones is 1. The van der Waals surface area contributed by atoms with Crippen LogP contribution in [0.15, 0.2) is 36.9 Å². The molecule has 0 aromatic heterocycles. The summed E-state index contributed by atoms with van der Waals surface area (Å²) in [6.07, 6.45) is 1.34. The van der Waals surface area contributed by atoms with E-state index in [1.165, 1.54) is 6.08 Å². The molecule has 3 nitrogen and oxygen atoms in total. The molecular weight excluding hydrogens is 202 g/mol. The first-order chi connectivity index (χ1) is 7.81. The van der Waals surface area contributed by atoms with Gasteiger partial charge in [-0.1, -0.05) is 6.58 Å². The van der Waals surface area contributed by atoms with Gasteiger partial charge >= 0.3 is 0 Å². The van der Waals surface area contributed by atoms with Gasteiger partial charge in [-0.25, -0.2) is 0 Å². The van der Waals surface area contributed by atoms with E-state index in [1.807, 2.05) is 24.3 Å². The van der Waals surface area contributed by atoms with Gasteiger partial charge in [-0.3, -0.25) is 4.79 Å². The van der Waals surface area contributed by atoms with Gasteiger partial charge < -0.3 is 9.64 Å². The Hall–Kier alpha value is -1.61. The summed E-state index contributed by atoms with van der Waals surface area (Å²) in [4.78, 5) is 13.6. The molecule has 0 N–H and O–H groups in total. The second-order valence-electron chi connectivity index (χ2n) is 3.71. The Morgan fingerprint density at radius 1 is 1.25 bits per heavy atom. The third-order valence-electron chi connectivity index (χ3n) is 2.71. The van der Waals surface area contributed by atoms with E-state index in [2.05, 4.69) is 11.5 Å². The number of hydrogen-bond acceptors (Lipinski definition) is 3. The first kappa shape index (κ1) is 10.9. The zero-order chi connectivity index (χ0) is 11.4. The Kier molecular flexibility index (Phi) is 3.37. The number of anilines is 1. The van der Waals surface area contributed by atoms with Crippen molar-refractivity contribution < 1.29 is 9.53 Å². The highest BCUT2D eigenvalue weighted by atomic mass is 16.5. The Bertz CT molecular complexity index is 377. The van der Waals surface area contributed by atoms with Crippen molar-refractivity contribution >= 4 is 11.5 Å².